The summed E-state index contributed by atoms with van der Waals surface area (Å²) < 4.78 is 38.8. The van der Waals surface area contributed by atoms with Crippen LogP contribution in [-0.2, 0) is 19.5 Å². The van der Waals surface area contributed by atoms with Crippen LogP contribution in [-0.4, -0.2) is 51.7 Å². The van der Waals surface area contributed by atoms with Gasteiger partial charge in [0.05, 0.1) is 10.5 Å². The Labute approximate surface area is 145 Å². The lowest BCUT2D eigenvalue weighted by molar-refractivity contribution is -0.0603. The van der Waals surface area contributed by atoms with Crippen molar-refractivity contribution in [3.05, 3.63) is 29.8 Å². The maximum absolute atomic E-state index is 12.9. The largest absolute Gasteiger partial charge is 0.385 e. The maximum atomic E-state index is 12.9. The molecule has 2 saturated heterocycles. The van der Waals surface area contributed by atoms with Crippen LogP contribution in [0.25, 0.3) is 0 Å². The summed E-state index contributed by atoms with van der Waals surface area (Å²) in [5.41, 5.74) is 0.642. The summed E-state index contributed by atoms with van der Waals surface area (Å²) >= 11 is 0. The average molecular weight is 353 g/mol. The summed E-state index contributed by atoms with van der Waals surface area (Å²) in [4.78, 5) is 0.421. The van der Waals surface area contributed by atoms with Crippen LogP contribution in [0.2, 0.25) is 0 Å². The van der Waals surface area contributed by atoms with E-state index in [1.807, 2.05) is 19.1 Å². The van der Waals surface area contributed by atoms with Crippen molar-refractivity contribution in [1.82, 2.24) is 4.31 Å². The lowest BCUT2D eigenvalue weighted by Crippen LogP contribution is -2.49. The number of hydrogen-bond donors (Lipinski definition) is 0. The van der Waals surface area contributed by atoms with Crippen LogP contribution in [0, 0.1) is 12.8 Å². The van der Waals surface area contributed by atoms with E-state index in [1.54, 1.807) is 23.5 Å². The van der Waals surface area contributed by atoms with Gasteiger partial charge in [-0.1, -0.05) is 18.2 Å². The van der Waals surface area contributed by atoms with Crippen molar-refractivity contribution in [2.75, 3.05) is 33.4 Å². The van der Waals surface area contributed by atoms with E-state index in [1.165, 1.54) is 0 Å². The summed E-state index contributed by atoms with van der Waals surface area (Å²) in [5, 5.41) is 0. The van der Waals surface area contributed by atoms with Crippen molar-refractivity contribution in [3.63, 3.8) is 0 Å². The Morgan fingerprint density at radius 2 is 2.00 bits per heavy atom. The highest BCUT2D eigenvalue weighted by Gasteiger charge is 2.47. The summed E-state index contributed by atoms with van der Waals surface area (Å²) in [5.74, 6) is 0.473. The molecule has 0 aromatic heterocycles. The van der Waals surface area contributed by atoms with Gasteiger partial charge < -0.3 is 9.47 Å². The van der Waals surface area contributed by atoms with Gasteiger partial charge in [-0.3, -0.25) is 0 Å². The molecule has 3 rings (SSSR count). The number of piperidine rings is 1. The third-order valence-corrected chi connectivity index (χ3v) is 7.61. The zero-order valence-corrected chi connectivity index (χ0v) is 15.3. The van der Waals surface area contributed by atoms with Gasteiger partial charge in [-0.2, -0.15) is 4.31 Å². The van der Waals surface area contributed by atoms with Crippen LogP contribution in [0.5, 0.6) is 0 Å². The molecule has 0 amide bonds. The Kier molecular flexibility index (Phi) is 5.30. The van der Waals surface area contributed by atoms with Crippen LogP contribution < -0.4 is 0 Å². The van der Waals surface area contributed by atoms with Crippen molar-refractivity contribution < 1.29 is 17.9 Å². The van der Waals surface area contributed by atoms with Gasteiger partial charge in [0.25, 0.3) is 0 Å². The van der Waals surface area contributed by atoms with Crippen LogP contribution in [0.15, 0.2) is 29.2 Å². The quantitative estimate of drug-likeness (QED) is 0.816. The van der Waals surface area contributed by atoms with Crippen molar-refractivity contribution in [3.8, 4) is 0 Å². The molecule has 2 aliphatic rings. The highest BCUT2D eigenvalue weighted by molar-refractivity contribution is 7.89. The minimum atomic E-state index is -3.42. The third-order valence-electron chi connectivity index (χ3n) is 5.55. The van der Waals surface area contributed by atoms with Gasteiger partial charge in [0.1, 0.15) is 0 Å². The number of rotatable bonds is 5. The van der Waals surface area contributed by atoms with Crippen LogP contribution in [0.4, 0.5) is 0 Å². The molecule has 0 N–H and O–H groups in total. The molecule has 0 radical (unpaired) electrons. The molecular weight excluding hydrogens is 326 g/mol. The fraction of sp³-hybridized carbons (Fsp3) is 0.667. The van der Waals surface area contributed by atoms with Crippen molar-refractivity contribution >= 4 is 10.0 Å². The SMILES string of the molecule is COCC[C@H]1CCOC12CCN(S(=O)(=O)c1ccccc1C)CC2. The molecule has 0 aliphatic carbocycles. The fourth-order valence-electron chi connectivity index (χ4n) is 4.10. The normalized spacial score (nSPS) is 24.5. The molecule has 1 aromatic rings. The van der Waals surface area contributed by atoms with E-state index in [2.05, 4.69) is 0 Å². The van der Waals surface area contributed by atoms with E-state index >= 15 is 0 Å². The zero-order valence-electron chi connectivity index (χ0n) is 14.5. The molecule has 24 heavy (non-hydrogen) atoms. The summed E-state index contributed by atoms with van der Waals surface area (Å²) in [6.07, 6.45) is 3.58. The molecule has 2 aliphatic heterocycles. The monoisotopic (exact) mass is 353 g/mol. The van der Waals surface area contributed by atoms with E-state index in [0.29, 0.717) is 23.9 Å². The van der Waals surface area contributed by atoms with Crippen molar-refractivity contribution in [2.24, 2.45) is 5.92 Å². The fourth-order valence-corrected chi connectivity index (χ4v) is 5.76. The van der Waals surface area contributed by atoms with Crippen molar-refractivity contribution in [2.45, 2.75) is 43.1 Å². The van der Waals surface area contributed by atoms with Gasteiger partial charge in [0.2, 0.25) is 10.0 Å². The molecule has 2 fully saturated rings. The first-order valence-electron chi connectivity index (χ1n) is 8.68. The second-order valence-corrected chi connectivity index (χ2v) is 8.76. The first kappa shape index (κ1) is 17.9. The van der Waals surface area contributed by atoms with E-state index in [0.717, 1.165) is 44.5 Å². The molecule has 1 spiro atoms. The van der Waals surface area contributed by atoms with Gasteiger partial charge in [-0.05, 0) is 50.2 Å². The lowest BCUT2D eigenvalue weighted by Gasteiger charge is -2.41. The standard InChI is InChI=1S/C18H27NO4S/c1-15-5-3-4-6-17(15)24(20,21)19-11-9-18(10-12-19)16(7-13-22-2)8-14-23-18/h3-6,16H,7-14H2,1-2H3/t16-/m0/s1. The van der Waals surface area contributed by atoms with Crippen LogP contribution >= 0.6 is 0 Å². The minimum absolute atomic E-state index is 0.156. The summed E-state index contributed by atoms with van der Waals surface area (Å²) in [6.45, 7) is 4.42. The molecule has 6 heteroatoms. The predicted octanol–water partition coefficient (Wildman–Crippen LogP) is 2.59. The smallest absolute Gasteiger partial charge is 0.243 e. The Bertz CT molecular complexity index is 665. The second-order valence-electron chi connectivity index (χ2n) is 6.85. The zero-order chi connectivity index (χ0) is 17.2. The molecule has 2 heterocycles. The predicted molar refractivity (Wildman–Crippen MR) is 92.5 cm³/mol. The van der Waals surface area contributed by atoms with Crippen LogP contribution in [0.1, 0.15) is 31.2 Å². The van der Waals surface area contributed by atoms with E-state index < -0.39 is 10.0 Å². The average Bonchev–Trinajstić information content (AvgIpc) is 2.95. The third kappa shape index (κ3) is 3.25. The van der Waals surface area contributed by atoms with E-state index in [4.69, 9.17) is 9.47 Å². The number of hydrogen-bond acceptors (Lipinski definition) is 4. The topological polar surface area (TPSA) is 55.8 Å². The second kappa shape index (κ2) is 7.12. The first-order valence-corrected chi connectivity index (χ1v) is 10.1. The Balaban J connectivity index is 1.72. The molecular formula is C18H27NO4S. The highest BCUT2D eigenvalue weighted by atomic mass is 32.2. The number of methoxy groups -OCH3 is 1. The highest BCUT2D eigenvalue weighted by Crippen LogP contribution is 2.43. The maximum Gasteiger partial charge on any atom is 0.243 e. The van der Waals surface area contributed by atoms with E-state index in [-0.39, 0.29) is 5.60 Å². The Hall–Kier alpha value is -0.950. The number of nitrogens with zero attached hydrogens (tertiary/aromatic N) is 1. The number of aryl methyl sites for hydroxylation is 1. The first-order chi connectivity index (χ1) is 11.5. The molecule has 1 aromatic carbocycles. The van der Waals surface area contributed by atoms with Gasteiger partial charge in [0, 0.05) is 33.4 Å². The molecule has 0 bridgehead atoms. The lowest BCUT2D eigenvalue weighted by atomic mass is 9.78. The van der Waals surface area contributed by atoms with Gasteiger partial charge in [-0.25, -0.2) is 8.42 Å². The number of sulfonamides is 1. The Morgan fingerprint density at radius 3 is 2.67 bits per heavy atom. The number of ether oxygens (including phenoxy) is 2. The van der Waals surface area contributed by atoms with Gasteiger partial charge in [-0.15, -0.1) is 0 Å². The number of benzene rings is 1. The Morgan fingerprint density at radius 1 is 1.29 bits per heavy atom. The molecule has 134 valence electrons. The van der Waals surface area contributed by atoms with Crippen LogP contribution in [0.3, 0.4) is 0 Å². The van der Waals surface area contributed by atoms with Gasteiger partial charge in [0.15, 0.2) is 0 Å². The molecule has 5 nitrogen and oxygen atoms in total. The summed E-state index contributed by atoms with van der Waals surface area (Å²) in [6, 6.07) is 7.19. The summed E-state index contributed by atoms with van der Waals surface area (Å²) in [7, 11) is -1.70. The molecule has 1 atom stereocenters. The van der Waals surface area contributed by atoms with Crippen molar-refractivity contribution in [1.29, 1.82) is 0 Å². The van der Waals surface area contributed by atoms with Gasteiger partial charge >= 0.3 is 0 Å². The molecule has 0 saturated carbocycles. The van der Waals surface area contributed by atoms with E-state index in [9.17, 15) is 8.42 Å². The molecule has 0 unspecified atom stereocenters. The minimum Gasteiger partial charge on any atom is -0.385 e.